The lowest BCUT2D eigenvalue weighted by Crippen LogP contribution is -2.33. The standard InChI is InChI=1S/C28H39F3O/c1-2-3-23-17-24-14-15-26(32-27(24)18-25(23)29)22-12-10-20(11-13-22)5-4-19-6-8-21(9-7-19)16-28(30)31/h16-22,26H,2-15H2,1H3. The van der Waals surface area contributed by atoms with Gasteiger partial charge in [0.05, 0.1) is 0 Å². The molecule has 0 saturated heterocycles. The molecule has 4 heteroatoms. The number of halogens is 3. The molecule has 1 aliphatic heterocycles. The maximum Gasteiger partial charge on any atom is 0.266 e. The summed E-state index contributed by atoms with van der Waals surface area (Å²) < 4.78 is 45.6. The van der Waals surface area contributed by atoms with Crippen LogP contribution in [0.4, 0.5) is 13.2 Å². The molecule has 2 aliphatic carbocycles. The summed E-state index contributed by atoms with van der Waals surface area (Å²) in [5, 5.41) is 0. The van der Waals surface area contributed by atoms with Crippen molar-refractivity contribution in [3.8, 4) is 5.75 Å². The molecular formula is C28H39F3O. The molecule has 2 fully saturated rings. The van der Waals surface area contributed by atoms with Crippen molar-refractivity contribution in [2.24, 2.45) is 23.7 Å². The zero-order valence-corrected chi connectivity index (χ0v) is 19.6. The number of benzene rings is 1. The predicted octanol–water partition coefficient (Wildman–Crippen LogP) is 8.65. The molecule has 0 bridgehead atoms. The van der Waals surface area contributed by atoms with E-state index in [-0.39, 0.29) is 17.8 Å². The molecule has 1 heterocycles. The topological polar surface area (TPSA) is 9.23 Å². The summed E-state index contributed by atoms with van der Waals surface area (Å²) in [4.78, 5) is 0. The number of hydrogen-bond acceptors (Lipinski definition) is 1. The van der Waals surface area contributed by atoms with E-state index in [2.05, 4.69) is 6.92 Å². The predicted molar refractivity (Wildman–Crippen MR) is 124 cm³/mol. The summed E-state index contributed by atoms with van der Waals surface area (Å²) in [6, 6.07) is 3.66. The normalized spacial score (nSPS) is 30.3. The van der Waals surface area contributed by atoms with Gasteiger partial charge in [0.1, 0.15) is 17.7 Å². The second kappa shape index (κ2) is 11.1. The van der Waals surface area contributed by atoms with E-state index in [4.69, 9.17) is 4.74 Å². The average Bonchev–Trinajstić information content (AvgIpc) is 2.79. The molecule has 2 saturated carbocycles. The van der Waals surface area contributed by atoms with Crippen LogP contribution >= 0.6 is 0 Å². The lowest BCUT2D eigenvalue weighted by Gasteiger charge is -2.37. The first-order valence-electron chi connectivity index (χ1n) is 13.0. The number of ether oxygens (including phenoxy) is 1. The van der Waals surface area contributed by atoms with E-state index in [0.29, 0.717) is 5.92 Å². The molecule has 1 unspecified atom stereocenters. The molecule has 0 N–H and O–H groups in total. The van der Waals surface area contributed by atoms with Crippen molar-refractivity contribution in [1.29, 1.82) is 0 Å². The third-order valence-corrected chi connectivity index (χ3v) is 8.38. The van der Waals surface area contributed by atoms with Gasteiger partial charge in [-0.1, -0.05) is 39.0 Å². The average molecular weight is 449 g/mol. The molecule has 0 amide bonds. The number of hydrogen-bond donors (Lipinski definition) is 0. The maximum atomic E-state index is 14.4. The van der Waals surface area contributed by atoms with E-state index in [1.54, 1.807) is 6.07 Å². The first-order valence-corrected chi connectivity index (χ1v) is 13.0. The molecule has 0 spiro atoms. The van der Waals surface area contributed by atoms with E-state index in [1.165, 1.54) is 50.2 Å². The number of aryl methyl sites for hydroxylation is 2. The van der Waals surface area contributed by atoms with Crippen LogP contribution in [0.25, 0.3) is 0 Å². The van der Waals surface area contributed by atoms with E-state index in [1.807, 2.05) is 6.07 Å². The van der Waals surface area contributed by atoms with Gasteiger partial charge < -0.3 is 4.74 Å². The minimum atomic E-state index is -1.51. The fourth-order valence-electron chi connectivity index (χ4n) is 6.41. The molecule has 0 aromatic heterocycles. The van der Waals surface area contributed by atoms with Crippen molar-refractivity contribution < 1.29 is 17.9 Å². The van der Waals surface area contributed by atoms with Gasteiger partial charge >= 0.3 is 0 Å². The number of fused-ring (bicyclic) bond motifs is 1. The van der Waals surface area contributed by atoms with Crippen molar-refractivity contribution in [1.82, 2.24) is 0 Å². The Bertz CT molecular complexity index is 769. The third kappa shape index (κ3) is 6.11. The Morgan fingerprint density at radius 1 is 0.938 bits per heavy atom. The van der Waals surface area contributed by atoms with Crippen molar-refractivity contribution in [3.63, 3.8) is 0 Å². The molecule has 4 rings (SSSR count). The fourth-order valence-corrected chi connectivity index (χ4v) is 6.41. The second-order valence-electron chi connectivity index (χ2n) is 10.6. The summed E-state index contributed by atoms with van der Waals surface area (Å²) in [7, 11) is 0. The van der Waals surface area contributed by atoms with Crippen molar-refractivity contribution in [3.05, 3.63) is 41.2 Å². The molecular weight excluding hydrogens is 409 g/mol. The van der Waals surface area contributed by atoms with Gasteiger partial charge in [-0.15, -0.1) is 0 Å². The number of rotatable bonds is 7. The highest BCUT2D eigenvalue weighted by Gasteiger charge is 2.32. The fraction of sp³-hybridized carbons (Fsp3) is 0.714. The Labute approximate surface area is 191 Å². The highest BCUT2D eigenvalue weighted by molar-refractivity contribution is 5.40. The third-order valence-electron chi connectivity index (χ3n) is 8.38. The van der Waals surface area contributed by atoms with Gasteiger partial charge in [-0.2, -0.15) is 8.78 Å². The summed E-state index contributed by atoms with van der Waals surface area (Å²) in [5.41, 5.74) is 2.01. The lowest BCUT2D eigenvalue weighted by atomic mass is 9.74. The van der Waals surface area contributed by atoms with Gasteiger partial charge in [0.25, 0.3) is 6.08 Å². The van der Waals surface area contributed by atoms with Gasteiger partial charge in [0.2, 0.25) is 0 Å². The summed E-state index contributed by atoms with van der Waals surface area (Å²) in [6.07, 6.45) is 15.3. The smallest absolute Gasteiger partial charge is 0.266 e. The van der Waals surface area contributed by atoms with Gasteiger partial charge in [0.15, 0.2) is 0 Å². The van der Waals surface area contributed by atoms with E-state index >= 15 is 0 Å². The monoisotopic (exact) mass is 448 g/mol. The maximum absolute atomic E-state index is 14.4. The van der Waals surface area contributed by atoms with Crippen LogP contribution in [-0.4, -0.2) is 6.10 Å². The van der Waals surface area contributed by atoms with E-state index in [9.17, 15) is 13.2 Å². The Morgan fingerprint density at radius 2 is 1.59 bits per heavy atom. The summed E-state index contributed by atoms with van der Waals surface area (Å²) in [5.74, 6) is 2.88. The Kier molecular flexibility index (Phi) is 8.23. The van der Waals surface area contributed by atoms with Crippen molar-refractivity contribution >= 4 is 0 Å². The zero-order valence-electron chi connectivity index (χ0n) is 19.6. The van der Waals surface area contributed by atoms with Crippen LogP contribution in [0, 0.1) is 29.5 Å². The Balaban J connectivity index is 1.19. The van der Waals surface area contributed by atoms with Crippen LogP contribution in [0.15, 0.2) is 24.3 Å². The second-order valence-corrected chi connectivity index (χ2v) is 10.6. The molecule has 1 atom stereocenters. The van der Waals surface area contributed by atoms with Crippen LogP contribution in [0.2, 0.25) is 0 Å². The van der Waals surface area contributed by atoms with Crippen LogP contribution in [0.3, 0.4) is 0 Å². The summed E-state index contributed by atoms with van der Waals surface area (Å²) >= 11 is 0. The van der Waals surface area contributed by atoms with Gasteiger partial charge in [-0.05, 0) is 105 Å². The first kappa shape index (κ1) is 23.7. The van der Waals surface area contributed by atoms with Crippen LogP contribution < -0.4 is 4.74 Å². The minimum absolute atomic E-state index is 0.0963. The lowest BCUT2D eigenvalue weighted by molar-refractivity contribution is 0.0741. The SMILES string of the molecule is CCCc1cc2c(cc1F)OC(C1CCC(CCC3CCC(C=C(F)F)CC3)CC1)CC2. The van der Waals surface area contributed by atoms with Crippen LogP contribution in [0.1, 0.15) is 95.1 Å². The van der Waals surface area contributed by atoms with Crippen molar-refractivity contribution in [2.45, 2.75) is 103 Å². The van der Waals surface area contributed by atoms with Crippen LogP contribution in [-0.2, 0) is 12.8 Å². The highest BCUT2D eigenvalue weighted by Crippen LogP contribution is 2.41. The Morgan fingerprint density at radius 3 is 2.22 bits per heavy atom. The van der Waals surface area contributed by atoms with Gasteiger partial charge in [0, 0.05) is 6.07 Å². The quantitative estimate of drug-likeness (QED) is 0.405. The van der Waals surface area contributed by atoms with E-state index < -0.39 is 6.08 Å². The van der Waals surface area contributed by atoms with E-state index in [0.717, 1.165) is 74.5 Å². The molecule has 32 heavy (non-hydrogen) atoms. The van der Waals surface area contributed by atoms with Crippen molar-refractivity contribution in [2.75, 3.05) is 0 Å². The molecule has 1 nitrogen and oxygen atoms in total. The molecule has 1 aromatic rings. The first-order chi connectivity index (χ1) is 15.5. The van der Waals surface area contributed by atoms with Crippen LogP contribution in [0.5, 0.6) is 5.75 Å². The Hall–Kier alpha value is -1.45. The highest BCUT2D eigenvalue weighted by atomic mass is 19.3. The summed E-state index contributed by atoms with van der Waals surface area (Å²) in [6.45, 7) is 2.08. The minimum Gasteiger partial charge on any atom is -0.490 e. The zero-order chi connectivity index (χ0) is 22.5. The number of allylic oxidation sites excluding steroid dienone is 1. The van der Waals surface area contributed by atoms with Gasteiger partial charge in [-0.3, -0.25) is 0 Å². The largest absolute Gasteiger partial charge is 0.490 e. The molecule has 178 valence electrons. The molecule has 3 aliphatic rings. The van der Waals surface area contributed by atoms with Gasteiger partial charge in [-0.25, -0.2) is 4.39 Å². The molecule has 0 radical (unpaired) electrons. The molecule has 1 aromatic carbocycles.